The van der Waals surface area contributed by atoms with Crippen molar-refractivity contribution in [2.75, 3.05) is 26.2 Å². The maximum atomic E-state index is 12.9. The number of thiophene rings is 1. The van der Waals surface area contributed by atoms with Crippen LogP contribution in [0.3, 0.4) is 0 Å². The second kappa shape index (κ2) is 7.96. The molecule has 2 heterocycles. The Balaban J connectivity index is 1.64. The maximum absolute atomic E-state index is 12.9. The third-order valence-electron chi connectivity index (χ3n) is 4.65. The average Bonchev–Trinajstić information content (AvgIpc) is 3.05. The van der Waals surface area contributed by atoms with E-state index in [0.29, 0.717) is 31.1 Å². The van der Waals surface area contributed by atoms with Gasteiger partial charge in [-0.15, -0.1) is 11.3 Å². The summed E-state index contributed by atoms with van der Waals surface area (Å²) >= 11 is 1.63. The van der Waals surface area contributed by atoms with E-state index in [0.717, 1.165) is 16.0 Å². The SMILES string of the molecule is Cc1ccc(S(=O)(=O)N2CCN(C(=O)/C=C/c3ccc(C)s3)CC2)c(C)c1. The molecular formula is C20H24N2O3S2. The molecule has 0 N–H and O–H groups in total. The summed E-state index contributed by atoms with van der Waals surface area (Å²) in [5.74, 6) is -0.0791. The molecule has 144 valence electrons. The van der Waals surface area contributed by atoms with Crippen LogP contribution in [0.1, 0.15) is 20.9 Å². The minimum atomic E-state index is -3.53. The van der Waals surface area contributed by atoms with E-state index in [-0.39, 0.29) is 5.91 Å². The van der Waals surface area contributed by atoms with Crippen LogP contribution < -0.4 is 0 Å². The summed E-state index contributed by atoms with van der Waals surface area (Å²) in [5.41, 5.74) is 1.79. The lowest BCUT2D eigenvalue weighted by Crippen LogP contribution is -2.50. The van der Waals surface area contributed by atoms with Crippen molar-refractivity contribution in [1.82, 2.24) is 9.21 Å². The van der Waals surface area contributed by atoms with Crippen molar-refractivity contribution < 1.29 is 13.2 Å². The second-order valence-electron chi connectivity index (χ2n) is 6.78. The molecule has 27 heavy (non-hydrogen) atoms. The highest BCUT2D eigenvalue weighted by Gasteiger charge is 2.30. The highest BCUT2D eigenvalue weighted by molar-refractivity contribution is 7.89. The monoisotopic (exact) mass is 404 g/mol. The number of aryl methyl sites for hydroxylation is 3. The number of hydrogen-bond acceptors (Lipinski definition) is 4. The molecule has 1 aliphatic heterocycles. The number of sulfonamides is 1. The number of piperazine rings is 1. The topological polar surface area (TPSA) is 57.7 Å². The highest BCUT2D eigenvalue weighted by atomic mass is 32.2. The maximum Gasteiger partial charge on any atom is 0.246 e. The van der Waals surface area contributed by atoms with E-state index in [2.05, 4.69) is 0 Å². The molecule has 7 heteroatoms. The number of rotatable bonds is 4. The average molecular weight is 405 g/mol. The van der Waals surface area contributed by atoms with Gasteiger partial charge in [-0.05, 0) is 50.6 Å². The van der Waals surface area contributed by atoms with Crippen LogP contribution in [0.25, 0.3) is 6.08 Å². The van der Waals surface area contributed by atoms with Crippen molar-refractivity contribution in [3.05, 3.63) is 57.3 Å². The third-order valence-corrected chi connectivity index (χ3v) is 7.67. The summed E-state index contributed by atoms with van der Waals surface area (Å²) in [4.78, 5) is 16.7. The quantitative estimate of drug-likeness (QED) is 0.735. The Labute approximate surface area is 165 Å². The van der Waals surface area contributed by atoms with Crippen molar-refractivity contribution in [1.29, 1.82) is 0 Å². The molecule has 0 saturated carbocycles. The lowest BCUT2D eigenvalue weighted by atomic mass is 10.2. The number of carbonyl (C=O) groups excluding carboxylic acids is 1. The van der Waals surface area contributed by atoms with E-state index in [9.17, 15) is 13.2 Å². The largest absolute Gasteiger partial charge is 0.337 e. The fraction of sp³-hybridized carbons (Fsp3) is 0.350. The zero-order valence-electron chi connectivity index (χ0n) is 15.8. The molecule has 0 unspecified atom stereocenters. The fourth-order valence-electron chi connectivity index (χ4n) is 3.18. The summed E-state index contributed by atoms with van der Waals surface area (Å²) in [6.45, 7) is 7.21. The number of carbonyl (C=O) groups is 1. The smallest absolute Gasteiger partial charge is 0.246 e. The van der Waals surface area contributed by atoms with Crippen LogP contribution in [-0.2, 0) is 14.8 Å². The minimum absolute atomic E-state index is 0.0791. The number of nitrogens with zero attached hydrogens (tertiary/aromatic N) is 2. The molecule has 1 aromatic heterocycles. The second-order valence-corrected chi connectivity index (χ2v) is 10.0. The summed E-state index contributed by atoms with van der Waals surface area (Å²) < 4.78 is 27.3. The van der Waals surface area contributed by atoms with Gasteiger partial charge >= 0.3 is 0 Å². The van der Waals surface area contributed by atoms with Crippen molar-refractivity contribution >= 4 is 33.3 Å². The zero-order chi connectivity index (χ0) is 19.6. The van der Waals surface area contributed by atoms with E-state index in [1.165, 1.54) is 9.18 Å². The van der Waals surface area contributed by atoms with Gasteiger partial charge in [0.1, 0.15) is 0 Å². The van der Waals surface area contributed by atoms with Crippen molar-refractivity contribution in [2.24, 2.45) is 0 Å². The van der Waals surface area contributed by atoms with Gasteiger partial charge in [-0.25, -0.2) is 8.42 Å². The van der Waals surface area contributed by atoms with Crippen LogP contribution in [0.2, 0.25) is 0 Å². The van der Waals surface area contributed by atoms with Gasteiger partial charge < -0.3 is 4.90 Å². The van der Waals surface area contributed by atoms with Gasteiger partial charge in [-0.1, -0.05) is 17.7 Å². The van der Waals surface area contributed by atoms with E-state index in [4.69, 9.17) is 0 Å². The van der Waals surface area contributed by atoms with E-state index in [1.54, 1.807) is 28.4 Å². The van der Waals surface area contributed by atoms with Gasteiger partial charge in [0.2, 0.25) is 15.9 Å². The minimum Gasteiger partial charge on any atom is -0.337 e. The Kier molecular flexibility index (Phi) is 5.83. The van der Waals surface area contributed by atoms with Gasteiger partial charge in [0.25, 0.3) is 0 Å². The summed E-state index contributed by atoms with van der Waals surface area (Å²) in [7, 11) is -3.53. The summed E-state index contributed by atoms with van der Waals surface area (Å²) in [6, 6.07) is 9.37. The molecule has 0 radical (unpaired) electrons. The first-order valence-electron chi connectivity index (χ1n) is 8.88. The Bertz CT molecular complexity index is 969. The lowest BCUT2D eigenvalue weighted by molar-refractivity contribution is -0.127. The van der Waals surface area contributed by atoms with E-state index >= 15 is 0 Å². The van der Waals surface area contributed by atoms with Crippen LogP contribution >= 0.6 is 11.3 Å². The molecule has 1 aromatic carbocycles. The molecule has 1 fully saturated rings. The molecule has 5 nitrogen and oxygen atoms in total. The molecule has 0 aliphatic carbocycles. The Morgan fingerprint density at radius 1 is 1.04 bits per heavy atom. The van der Waals surface area contributed by atoms with Gasteiger partial charge in [0.15, 0.2) is 0 Å². The van der Waals surface area contributed by atoms with Gasteiger partial charge in [0, 0.05) is 42.0 Å². The first-order chi connectivity index (χ1) is 12.8. The number of hydrogen-bond donors (Lipinski definition) is 0. The van der Waals surface area contributed by atoms with Crippen LogP contribution in [0.15, 0.2) is 41.3 Å². The van der Waals surface area contributed by atoms with Crippen molar-refractivity contribution in [3.8, 4) is 0 Å². The molecule has 1 aliphatic rings. The Hall–Kier alpha value is -1.96. The predicted molar refractivity (Wildman–Crippen MR) is 109 cm³/mol. The molecule has 0 spiro atoms. The number of benzene rings is 1. The normalized spacial score (nSPS) is 16.2. The van der Waals surface area contributed by atoms with E-state index in [1.807, 2.05) is 51.1 Å². The molecule has 1 saturated heterocycles. The molecule has 0 bridgehead atoms. The van der Waals surface area contributed by atoms with Gasteiger partial charge in [0.05, 0.1) is 4.90 Å². The van der Waals surface area contributed by atoms with Crippen LogP contribution in [0.4, 0.5) is 0 Å². The van der Waals surface area contributed by atoms with Crippen LogP contribution in [-0.4, -0.2) is 49.7 Å². The molecular weight excluding hydrogens is 380 g/mol. The molecule has 1 amide bonds. The molecule has 2 aromatic rings. The third kappa shape index (κ3) is 4.48. The first kappa shape index (κ1) is 19.8. The zero-order valence-corrected chi connectivity index (χ0v) is 17.4. The standard InChI is InChI=1S/C20H24N2O3S2/c1-15-4-8-19(16(2)14-15)27(24,25)22-12-10-21(11-13-22)20(23)9-7-18-6-5-17(3)26-18/h4-9,14H,10-13H2,1-3H3/b9-7+. The van der Waals surface area contributed by atoms with Gasteiger partial charge in [-0.2, -0.15) is 4.31 Å². The van der Waals surface area contributed by atoms with E-state index < -0.39 is 10.0 Å². The molecule has 0 atom stereocenters. The predicted octanol–water partition coefficient (Wildman–Crippen LogP) is 3.22. The molecule has 3 rings (SSSR count). The highest BCUT2D eigenvalue weighted by Crippen LogP contribution is 2.22. The van der Waals surface area contributed by atoms with Crippen molar-refractivity contribution in [2.45, 2.75) is 25.7 Å². The Morgan fingerprint density at radius 2 is 1.74 bits per heavy atom. The van der Waals surface area contributed by atoms with Crippen LogP contribution in [0.5, 0.6) is 0 Å². The lowest BCUT2D eigenvalue weighted by Gasteiger charge is -2.33. The van der Waals surface area contributed by atoms with Crippen molar-refractivity contribution in [3.63, 3.8) is 0 Å². The first-order valence-corrected chi connectivity index (χ1v) is 11.1. The summed E-state index contributed by atoms with van der Waals surface area (Å²) in [5, 5.41) is 0. The number of amides is 1. The van der Waals surface area contributed by atoms with Gasteiger partial charge in [-0.3, -0.25) is 4.79 Å². The fourth-order valence-corrected chi connectivity index (χ4v) is 5.59. The summed E-state index contributed by atoms with van der Waals surface area (Å²) in [6.07, 6.45) is 3.39. The Morgan fingerprint density at radius 3 is 2.33 bits per heavy atom. The van der Waals surface area contributed by atoms with Crippen LogP contribution in [0, 0.1) is 20.8 Å².